The van der Waals surface area contributed by atoms with E-state index in [2.05, 4.69) is 13.0 Å². The van der Waals surface area contributed by atoms with Gasteiger partial charge in [-0.15, -0.1) is 0 Å². The Balaban J connectivity index is 2.00. The maximum absolute atomic E-state index is 14.6. The maximum atomic E-state index is 14.6. The summed E-state index contributed by atoms with van der Waals surface area (Å²) in [5, 5.41) is 1.95. The molecule has 0 nitrogen and oxygen atoms in total. The molecule has 0 saturated carbocycles. The summed E-state index contributed by atoms with van der Waals surface area (Å²) in [5.74, 6) is -1.64. The van der Waals surface area contributed by atoms with Crippen molar-refractivity contribution in [2.24, 2.45) is 0 Å². The monoisotopic (exact) mass is 322 g/mol. The van der Waals surface area contributed by atoms with Crippen molar-refractivity contribution in [3.63, 3.8) is 0 Å². The van der Waals surface area contributed by atoms with Crippen molar-refractivity contribution in [1.29, 1.82) is 0 Å². The Morgan fingerprint density at radius 3 is 1.79 bits per heavy atom. The van der Waals surface area contributed by atoms with Crippen LogP contribution in [0.5, 0.6) is 0 Å². The molecule has 3 aromatic carbocycles. The molecule has 0 aliphatic rings. The number of hydrogen-bond acceptors (Lipinski definition) is 0. The lowest BCUT2D eigenvalue weighted by molar-refractivity contribution is 0.700. The molecule has 0 aliphatic carbocycles. The van der Waals surface area contributed by atoms with Crippen LogP contribution in [-0.2, 0) is 12.8 Å². The zero-order valence-corrected chi connectivity index (χ0v) is 13.9. The SMILES string of the molecule is CCc1ccc(C(F)=C(F)c2ccc3cc(CC)ccc3c2)cc1. The predicted molar refractivity (Wildman–Crippen MR) is 98.2 cm³/mol. The Bertz CT molecular complexity index is 889. The van der Waals surface area contributed by atoms with Gasteiger partial charge in [-0.05, 0) is 40.8 Å². The minimum absolute atomic E-state index is 0.267. The van der Waals surface area contributed by atoms with Gasteiger partial charge in [-0.25, -0.2) is 8.78 Å². The van der Waals surface area contributed by atoms with E-state index in [1.807, 2.05) is 37.3 Å². The highest BCUT2D eigenvalue weighted by atomic mass is 19.2. The van der Waals surface area contributed by atoms with Gasteiger partial charge in [0.25, 0.3) is 0 Å². The van der Waals surface area contributed by atoms with E-state index in [1.165, 1.54) is 5.56 Å². The first-order valence-corrected chi connectivity index (χ1v) is 8.30. The second-order valence-corrected chi connectivity index (χ2v) is 5.93. The maximum Gasteiger partial charge on any atom is 0.166 e. The van der Waals surface area contributed by atoms with Crippen molar-refractivity contribution in [2.75, 3.05) is 0 Å². The fourth-order valence-electron chi connectivity index (χ4n) is 2.79. The van der Waals surface area contributed by atoms with E-state index >= 15 is 0 Å². The average molecular weight is 322 g/mol. The summed E-state index contributed by atoms with van der Waals surface area (Å²) >= 11 is 0. The Kier molecular flexibility index (Phi) is 4.75. The van der Waals surface area contributed by atoms with E-state index in [-0.39, 0.29) is 11.1 Å². The largest absolute Gasteiger partial charge is 0.203 e. The summed E-state index contributed by atoms with van der Waals surface area (Å²) in [6, 6.07) is 18.2. The molecular weight excluding hydrogens is 302 g/mol. The van der Waals surface area contributed by atoms with E-state index in [9.17, 15) is 8.78 Å². The third kappa shape index (κ3) is 3.23. The van der Waals surface area contributed by atoms with Crippen molar-refractivity contribution < 1.29 is 8.78 Å². The molecule has 2 heteroatoms. The smallest absolute Gasteiger partial charge is 0.166 e. The Morgan fingerprint density at radius 1 is 0.625 bits per heavy atom. The zero-order chi connectivity index (χ0) is 17.1. The van der Waals surface area contributed by atoms with Gasteiger partial charge in [-0.2, -0.15) is 0 Å². The highest BCUT2D eigenvalue weighted by molar-refractivity contribution is 5.90. The fraction of sp³-hybridized carbons (Fsp3) is 0.182. The first kappa shape index (κ1) is 16.4. The van der Waals surface area contributed by atoms with Gasteiger partial charge in [0.15, 0.2) is 11.7 Å². The third-order valence-electron chi connectivity index (χ3n) is 4.37. The predicted octanol–water partition coefficient (Wildman–Crippen LogP) is 6.73. The van der Waals surface area contributed by atoms with Crippen LogP contribution < -0.4 is 0 Å². The van der Waals surface area contributed by atoms with Crippen LogP contribution >= 0.6 is 0 Å². The summed E-state index contributed by atoms with van der Waals surface area (Å²) in [5.41, 5.74) is 2.87. The van der Waals surface area contributed by atoms with Gasteiger partial charge >= 0.3 is 0 Å². The second kappa shape index (κ2) is 6.96. The highest BCUT2D eigenvalue weighted by Gasteiger charge is 2.12. The molecule has 3 aromatic rings. The topological polar surface area (TPSA) is 0 Å². The van der Waals surface area contributed by atoms with Crippen molar-refractivity contribution in [1.82, 2.24) is 0 Å². The van der Waals surface area contributed by atoms with Gasteiger partial charge < -0.3 is 0 Å². The van der Waals surface area contributed by atoms with Gasteiger partial charge in [0.1, 0.15) is 0 Å². The first-order valence-electron chi connectivity index (χ1n) is 8.30. The molecule has 0 spiro atoms. The molecule has 122 valence electrons. The van der Waals surface area contributed by atoms with Gasteiger partial charge in [0.05, 0.1) is 0 Å². The molecule has 0 N–H and O–H groups in total. The van der Waals surface area contributed by atoms with Crippen LogP contribution in [0.25, 0.3) is 22.4 Å². The highest BCUT2D eigenvalue weighted by Crippen LogP contribution is 2.31. The molecule has 0 unspecified atom stereocenters. The van der Waals surface area contributed by atoms with Crippen molar-refractivity contribution in [2.45, 2.75) is 26.7 Å². The van der Waals surface area contributed by atoms with Crippen LogP contribution in [0.15, 0.2) is 60.7 Å². The quantitative estimate of drug-likeness (QED) is 0.467. The molecule has 0 heterocycles. The van der Waals surface area contributed by atoms with E-state index in [0.717, 1.165) is 29.2 Å². The van der Waals surface area contributed by atoms with Gasteiger partial charge in [-0.1, -0.05) is 68.4 Å². The Labute approximate surface area is 141 Å². The number of halogens is 2. The van der Waals surface area contributed by atoms with Gasteiger partial charge in [0, 0.05) is 11.1 Å². The molecular formula is C22H20F2. The van der Waals surface area contributed by atoms with Crippen LogP contribution in [-0.4, -0.2) is 0 Å². The number of benzene rings is 3. The van der Waals surface area contributed by atoms with Crippen molar-refractivity contribution in [3.05, 3.63) is 82.9 Å². The van der Waals surface area contributed by atoms with Crippen LogP contribution in [0.2, 0.25) is 0 Å². The third-order valence-corrected chi connectivity index (χ3v) is 4.37. The molecule has 0 amide bonds. The molecule has 0 aliphatic heterocycles. The molecule has 0 atom stereocenters. The van der Waals surface area contributed by atoms with E-state index in [0.29, 0.717) is 0 Å². The molecule has 0 aromatic heterocycles. The number of aryl methyl sites for hydroxylation is 2. The van der Waals surface area contributed by atoms with Crippen LogP contribution in [0.4, 0.5) is 8.78 Å². The average Bonchev–Trinajstić information content (AvgIpc) is 2.66. The molecule has 24 heavy (non-hydrogen) atoms. The summed E-state index contributed by atoms with van der Waals surface area (Å²) in [6.45, 7) is 4.12. The fourth-order valence-corrected chi connectivity index (χ4v) is 2.79. The van der Waals surface area contributed by atoms with Crippen LogP contribution in [0.3, 0.4) is 0 Å². The van der Waals surface area contributed by atoms with Gasteiger partial charge in [-0.3, -0.25) is 0 Å². The van der Waals surface area contributed by atoms with Crippen molar-refractivity contribution >= 4 is 22.4 Å². The summed E-state index contributed by atoms with van der Waals surface area (Å²) in [6.07, 6.45) is 1.83. The zero-order valence-electron chi connectivity index (χ0n) is 13.9. The van der Waals surface area contributed by atoms with E-state index in [1.54, 1.807) is 24.3 Å². The lowest BCUT2D eigenvalue weighted by Gasteiger charge is -2.06. The Hall–Kier alpha value is -2.48. The number of fused-ring (bicyclic) bond motifs is 1. The van der Waals surface area contributed by atoms with Crippen molar-refractivity contribution in [3.8, 4) is 0 Å². The second-order valence-electron chi connectivity index (χ2n) is 5.93. The summed E-state index contributed by atoms with van der Waals surface area (Å²) < 4.78 is 29.0. The van der Waals surface area contributed by atoms with E-state index < -0.39 is 11.7 Å². The number of rotatable bonds is 4. The molecule has 0 bridgehead atoms. The summed E-state index contributed by atoms with van der Waals surface area (Å²) in [4.78, 5) is 0. The summed E-state index contributed by atoms with van der Waals surface area (Å²) in [7, 11) is 0. The van der Waals surface area contributed by atoms with Crippen LogP contribution in [0, 0.1) is 0 Å². The normalized spacial score (nSPS) is 12.3. The minimum Gasteiger partial charge on any atom is -0.203 e. The molecule has 0 fully saturated rings. The van der Waals surface area contributed by atoms with E-state index in [4.69, 9.17) is 0 Å². The Morgan fingerprint density at radius 2 is 1.12 bits per heavy atom. The standard InChI is InChI=1S/C22H20F2/c1-3-15-5-8-17(9-6-15)21(23)22(24)20-12-11-18-13-16(4-2)7-10-19(18)14-20/h5-14H,3-4H2,1-2H3. The van der Waals surface area contributed by atoms with Gasteiger partial charge in [0.2, 0.25) is 0 Å². The molecule has 3 rings (SSSR count). The molecule has 0 saturated heterocycles. The van der Waals surface area contributed by atoms with Crippen LogP contribution in [0.1, 0.15) is 36.1 Å². The lowest BCUT2D eigenvalue weighted by atomic mass is 10.0. The first-order chi connectivity index (χ1) is 11.6. The number of hydrogen-bond donors (Lipinski definition) is 0. The lowest BCUT2D eigenvalue weighted by Crippen LogP contribution is -1.87. The minimum atomic E-state index is -0.819. The molecule has 0 radical (unpaired) electrons.